The van der Waals surface area contributed by atoms with Crippen LogP contribution in [0.3, 0.4) is 0 Å². The van der Waals surface area contributed by atoms with E-state index in [9.17, 15) is 14.4 Å². The van der Waals surface area contributed by atoms with Gasteiger partial charge in [0.2, 0.25) is 5.91 Å². The number of para-hydroxylation sites is 1. The summed E-state index contributed by atoms with van der Waals surface area (Å²) in [4.78, 5) is 39.4. The van der Waals surface area contributed by atoms with E-state index in [-0.39, 0.29) is 12.5 Å². The van der Waals surface area contributed by atoms with Crippen molar-refractivity contribution in [2.45, 2.75) is 32.9 Å². The molecule has 7 heteroatoms. The lowest BCUT2D eigenvalue weighted by atomic mass is 10.1. The molecule has 1 aliphatic rings. The second kappa shape index (κ2) is 7.52. The normalized spacial score (nSPS) is 15.0. The molecule has 1 aromatic carbocycles. The Morgan fingerprint density at radius 1 is 1.11 bits per heavy atom. The van der Waals surface area contributed by atoms with Crippen LogP contribution in [-0.2, 0) is 20.9 Å². The maximum atomic E-state index is 12.7. The predicted octanol–water partition coefficient (Wildman–Crippen LogP) is 1.60. The first-order valence-corrected chi connectivity index (χ1v) is 9.06. The largest absolute Gasteiger partial charge is 0.378 e. The molecule has 1 aliphatic heterocycles. The minimum absolute atomic E-state index is 0.0304. The third kappa shape index (κ3) is 4.36. The molecule has 27 heavy (non-hydrogen) atoms. The zero-order valence-electron chi connectivity index (χ0n) is 15.9. The fourth-order valence-corrected chi connectivity index (χ4v) is 3.14. The maximum Gasteiger partial charge on any atom is 0.292 e. The second-order valence-corrected chi connectivity index (χ2v) is 7.71. The van der Waals surface area contributed by atoms with E-state index in [2.05, 4.69) is 5.32 Å². The summed E-state index contributed by atoms with van der Waals surface area (Å²) in [5, 5.41) is 3.36. The lowest BCUT2D eigenvalue weighted by molar-refractivity contribution is -0.135. The number of fused-ring (bicyclic) bond motifs is 1. The van der Waals surface area contributed by atoms with Gasteiger partial charge in [0.05, 0.1) is 18.8 Å². The average molecular weight is 371 g/mol. The fraction of sp³-hybridized carbons (Fsp3) is 0.450. The van der Waals surface area contributed by atoms with Crippen LogP contribution in [0.25, 0.3) is 10.9 Å². The average Bonchev–Trinajstić information content (AvgIpc) is 2.99. The first-order chi connectivity index (χ1) is 12.8. The number of hydrogen-bond acceptors (Lipinski definition) is 4. The summed E-state index contributed by atoms with van der Waals surface area (Å²) in [5.74, 6) is -1.28. The van der Waals surface area contributed by atoms with Crippen molar-refractivity contribution >= 4 is 28.5 Å². The van der Waals surface area contributed by atoms with Gasteiger partial charge in [-0.1, -0.05) is 18.2 Å². The standard InChI is InChI=1S/C20H25N3O4/c1-20(2,3)21-19(26)18(25)15-12-23(16-7-5-4-6-14(15)16)13-17(24)22-8-10-27-11-9-22/h4-7,12H,8-11,13H2,1-3H3,(H,21,26). The Hall–Kier alpha value is -2.67. The Morgan fingerprint density at radius 3 is 2.44 bits per heavy atom. The third-order valence-electron chi connectivity index (χ3n) is 4.40. The van der Waals surface area contributed by atoms with Crippen molar-refractivity contribution in [3.63, 3.8) is 0 Å². The summed E-state index contributed by atoms with van der Waals surface area (Å²) in [6, 6.07) is 7.31. The minimum Gasteiger partial charge on any atom is -0.378 e. The van der Waals surface area contributed by atoms with Gasteiger partial charge in [-0.3, -0.25) is 14.4 Å². The zero-order chi connectivity index (χ0) is 19.6. The van der Waals surface area contributed by atoms with Gasteiger partial charge in [-0.25, -0.2) is 0 Å². The number of aromatic nitrogens is 1. The molecule has 0 atom stereocenters. The fourth-order valence-electron chi connectivity index (χ4n) is 3.14. The monoisotopic (exact) mass is 371 g/mol. The van der Waals surface area contributed by atoms with E-state index < -0.39 is 17.2 Å². The molecule has 7 nitrogen and oxygen atoms in total. The maximum absolute atomic E-state index is 12.7. The Balaban J connectivity index is 1.88. The van der Waals surface area contributed by atoms with E-state index >= 15 is 0 Å². The smallest absolute Gasteiger partial charge is 0.292 e. The lowest BCUT2D eigenvalue weighted by Gasteiger charge is -2.27. The number of Topliss-reactive ketones (excluding diaryl/α,β-unsaturated/α-hetero) is 1. The van der Waals surface area contributed by atoms with Crippen LogP contribution < -0.4 is 5.32 Å². The zero-order valence-corrected chi connectivity index (χ0v) is 15.9. The predicted molar refractivity (Wildman–Crippen MR) is 102 cm³/mol. The first-order valence-electron chi connectivity index (χ1n) is 9.06. The number of nitrogens with one attached hydrogen (secondary N) is 1. The highest BCUT2D eigenvalue weighted by atomic mass is 16.5. The Kier molecular flexibility index (Phi) is 5.32. The Morgan fingerprint density at radius 2 is 1.78 bits per heavy atom. The minimum atomic E-state index is -0.648. The summed E-state index contributed by atoms with van der Waals surface area (Å²) in [6.45, 7) is 7.79. The van der Waals surface area contributed by atoms with E-state index in [4.69, 9.17) is 4.74 Å². The molecule has 1 saturated heterocycles. The summed E-state index contributed by atoms with van der Waals surface area (Å²) < 4.78 is 7.02. The van der Waals surface area contributed by atoms with E-state index in [0.717, 1.165) is 5.52 Å². The van der Waals surface area contributed by atoms with Crippen molar-refractivity contribution in [1.82, 2.24) is 14.8 Å². The van der Waals surface area contributed by atoms with Crippen LogP contribution in [0.2, 0.25) is 0 Å². The lowest BCUT2D eigenvalue weighted by Crippen LogP contribution is -2.44. The van der Waals surface area contributed by atoms with Crippen molar-refractivity contribution in [2.24, 2.45) is 0 Å². The van der Waals surface area contributed by atoms with Gasteiger partial charge >= 0.3 is 0 Å². The van der Waals surface area contributed by atoms with Crippen molar-refractivity contribution in [3.8, 4) is 0 Å². The van der Waals surface area contributed by atoms with Crippen LogP contribution in [0.5, 0.6) is 0 Å². The van der Waals surface area contributed by atoms with Gasteiger partial charge in [-0.05, 0) is 26.8 Å². The molecule has 3 rings (SSSR count). The number of carbonyl (C=O) groups is 3. The van der Waals surface area contributed by atoms with E-state index in [0.29, 0.717) is 37.3 Å². The molecule has 2 aromatic rings. The molecule has 2 heterocycles. The topological polar surface area (TPSA) is 80.6 Å². The van der Waals surface area contributed by atoms with Crippen LogP contribution in [0.15, 0.2) is 30.5 Å². The molecular formula is C20H25N3O4. The summed E-state index contributed by atoms with van der Waals surface area (Å²) in [5.41, 5.74) is 0.561. The molecule has 144 valence electrons. The summed E-state index contributed by atoms with van der Waals surface area (Å²) in [6.07, 6.45) is 1.60. The second-order valence-electron chi connectivity index (χ2n) is 7.71. The molecule has 1 aromatic heterocycles. The van der Waals surface area contributed by atoms with E-state index in [1.54, 1.807) is 21.7 Å². The molecule has 0 spiro atoms. The molecule has 0 bridgehead atoms. The number of ether oxygens (including phenoxy) is 1. The Labute approximate surface area is 158 Å². The molecular weight excluding hydrogens is 346 g/mol. The van der Waals surface area contributed by atoms with Crippen LogP contribution in [0, 0.1) is 0 Å². The first kappa shape index (κ1) is 19.1. The molecule has 1 fully saturated rings. The SMILES string of the molecule is CC(C)(C)NC(=O)C(=O)c1cn(CC(=O)N2CCOCC2)c2ccccc12. The highest BCUT2D eigenvalue weighted by Gasteiger charge is 2.26. The summed E-state index contributed by atoms with van der Waals surface area (Å²) in [7, 11) is 0. The van der Waals surface area contributed by atoms with Crippen molar-refractivity contribution < 1.29 is 19.1 Å². The van der Waals surface area contributed by atoms with Gasteiger partial charge in [-0.2, -0.15) is 0 Å². The number of morpholine rings is 1. The quantitative estimate of drug-likeness (QED) is 0.654. The number of carbonyl (C=O) groups excluding carboxylic acids is 3. The highest BCUT2D eigenvalue weighted by molar-refractivity contribution is 6.45. The van der Waals surface area contributed by atoms with Gasteiger partial charge in [0.1, 0.15) is 6.54 Å². The number of nitrogens with zero attached hydrogens (tertiary/aromatic N) is 2. The van der Waals surface area contributed by atoms with Crippen molar-refractivity contribution in [3.05, 3.63) is 36.0 Å². The summed E-state index contributed by atoms with van der Waals surface area (Å²) >= 11 is 0. The molecule has 0 unspecified atom stereocenters. The van der Waals surface area contributed by atoms with Crippen LogP contribution >= 0.6 is 0 Å². The number of amides is 2. The number of rotatable bonds is 4. The van der Waals surface area contributed by atoms with Gasteiger partial charge in [0.25, 0.3) is 11.7 Å². The number of benzene rings is 1. The molecule has 0 aliphatic carbocycles. The van der Waals surface area contributed by atoms with Crippen molar-refractivity contribution in [1.29, 1.82) is 0 Å². The third-order valence-corrected chi connectivity index (χ3v) is 4.40. The molecule has 0 radical (unpaired) electrons. The van der Waals surface area contributed by atoms with Gasteiger partial charge in [0.15, 0.2) is 0 Å². The molecule has 0 saturated carbocycles. The van der Waals surface area contributed by atoms with E-state index in [1.165, 1.54) is 0 Å². The van der Waals surface area contributed by atoms with Crippen LogP contribution in [0.1, 0.15) is 31.1 Å². The number of ketones is 1. The van der Waals surface area contributed by atoms with Crippen molar-refractivity contribution in [2.75, 3.05) is 26.3 Å². The van der Waals surface area contributed by atoms with Gasteiger partial charge < -0.3 is 19.5 Å². The van der Waals surface area contributed by atoms with Gasteiger partial charge in [-0.15, -0.1) is 0 Å². The Bertz CT molecular complexity index is 873. The van der Waals surface area contributed by atoms with Crippen LogP contribution in [0.4, 0.5) is 0 Å². The molecule has 1 N–H and O–H groups in total. The van der Waals surface area contributed by atoms with Gasteiger partial charge in [0, 0.05) is 35.7 Å². The van der Waals surface area contributed by atoms with E-state index in [1.807, 2.05) is 39.0 Å². The number of hydrogen-bond donors (Lipinski definition) is 1. The molecule has 2 amide bonds. The van der Waals surface area contributed by atoms with Crippen LogP contribution in [-0.4, -0.2) is 58.9 Å². The highest BCUT2D eigenvalue weighted by Crippen LogP contribution is 2.22.